The van der Waals surface area contributed by atoms with Gasteiger partial charge in [0, 0.05) is 12.7 Å². The van der Waals surface area contributed by atoms with Crippen molar-refractivity contribution < 1.29 is 37.3 Å². The summed E-state index contributed by atoms with van der Waals surface area (Å²) < 4.78 is 34.1. The number of hydrogen-bond donors (Lipinski definition) is 0. The van der Waals surface area contributed by atoms with Crippen molar-refractivity contribution in [3.05, 3.63) is 12.2 Å². The van der Waals surface area contributed by atoms with Gasteiger partial charge in [0.05, 0.1) is 47.5 Å². The molecule has 8 nitrogen and oxygen atoms in total. The third-order valence-electron chi connectivity index (χ3n) is 6.92. The first-order valence-electron chi connectivity index (χ1n) is 16.4. The molecule has 0 radical (unpaired) electrons. The monoisotopic (exact) mass is 605 g/mol. The number of carbonyl (C=O) groups excluding carboxylic acids is 1. The minimum atomic E-state index is -4.48. The molecule has 0 heterocycles. The third-order valence-corrected chi connectivity index (χ3v) is 7.89. The molecule has 0 aromatic carbocycles. The van der Waals surface area contributed by atoms with Gasteiger partial charge < -0.3 is 27.9 Å². The number of phosphoric acid groups is 1. The maximum Gasteiger partial charge on any atom is 0.330 e. The number of carbonyl (C=O) groups is 1. The average molecular weight is 606 g/mol. The van der Waals surface area contributed by atoms with Crippen LogP contribution in [0, 0.1) is 0 Å². The lowest BCUT2D eigenvalue weighted by Gasteiger charge is -2.25. The van der Waals surface area contributed by atoms with Crippen LogP contribution in [0.3, 0.4) is 0 Å². The van der Waals surface area contributed by atoms with E-state index in [1.165, 1.54) is 83.1 Å². The molecule has 1 unspecified atom stereocenters. The molecule has 0 rings (SSSR count). The van der Waals surface area contributed by atoms with Crippen LogP contribution in [0.1, 0.15) is 129 Å². The third kappa shape index (κ3) is 30.5. The van der Waals surface area contributed by atoms with Gasteiger partial charge in [0.1, 0.15) is 6.10 Å². The molecule has 0 saturated heterocycles. The zero-order valence-electron chi connectivity index (χ0n) is 27.2. The summed E-state index contributed by atoms with van der Waals surface area (Å²) in [6, 6.07) is 0. The van der Waals surface area contributed by atoms with E-state index in [-0.39, 0.29) is 19.8 Å². The first kappa shape index (κ1) is 40.2. The minimum Gasteiger partial charge on any atom is -0.756 e. The fourth-order valence-corrected chi connectivity index (χ4v) is 5.28. The number of rotatable bonds is 30. The van der Waals surface area contributed by atoms with Gasteiger partial charge in [-0.1, -0.05) is 103 Å². The molecule has 2 atom stereocenters. The normalized spacial score (nSPS) is 14.4. The molecule has 9 heteroatoms. The van der Waals surface area contributed by atoms with Crippen molar-refractivity contribution in [2.75, 3.05) is 54.1 Å². The molecular weight excluding hydrogens is 541 g/mol. The van der Waals surface area contributed by atoms with Crippen LogP contribution >= 0.6 is 7.82 Å². The van der Waals surface area contributed by atoms with E-state index in [0.29, 0.717) is 13.0 Å². The summed E-state index contributed by atoms with van der Waals surface area (Å²) in [6.45, 7) is 5.43. The molecule has 0 fully saturated rings. The number of quaternary nitrogens is 1. The summed E-state index contributed by atoms with van der Waals surface area (Å²) in [5, 5.41) is 0. The molecular formula is C32H64NO7P. The Morgan fingerprint density at radius 2 is 1.22 bits per heavy atom. The van der Waals surface area contributed by atoms with Crippen LogP contribution in [0.5, 0.6) is 0 Å². The van der Waals surface area contributed by atoms with Gasteiger partial charge in [-0.25, -0.2) is 4.79 Å². The molecule has 0 aromatic heterocycles. The number of hydrogen-bond acceptors (Lipinski definition) is 7. The van der Waals surface area contributed by atoms with E-state index in [1.54, 1.807) is 13.0 Å². The highest BCUT2D eigenvalue weighted by Crippen LogP contribution is 2.38. The van der Waals surface area contributed by atoms with Crippen molar-refractivity contribution >= 4 is 13.8 Å². The summed E-state index contributed by atoms with van der Waals surface area (Å²) in [5.41, 5.74) is 0. The Kier molecular flexibility index (Phi) is 26.3. The smallest absolute Gasteiger partial charge is 0.330 e. The van der Waals surface area contributed by atoms with Crippen LogP contribution in [0.25, 0.3) is 0 Å². The van der Waals surface area contributed by atoms with E-state index < -0.39 is 19.9 Å². The predicted octanol–water partition coefficient (Wildman–Crippen LogP) is 7.74. The van der Waals surface area contributed by atoms with Crippen molar-refractivity contribution in [3.63, 3.8) is 0 Å². The molecule has 0 spiro atoms. The van der Waals surface area contributed by atoms with Crippen LogP contribution in [-0.2, 0) is 27.9 Å². The summed E-state index contributed by atoms with van der Waals surface area (Å²) >= 11 is 0. The zero-order valence-corrected chi connectivity index (χ0v) is 28.1. The van der Waals surface area contributed by atoms with E-state index in [2.05, 4.69) is 28.1 Å². The molecule has 244 valence electrons. The SMILES string of the molecule is C/C=C/C(=O)O[C@@H](COCCCCCCCCCCCCCCCC)COP(=O)([O-])OCCCCCC[N+](C)(C)C. The first-order valence-corrected chi connectivity index (χ1v) is 17.9. The largest absolute Gasteiger partial charge is 0.756 e. The number of nitrogens with zero attached hydrogens (tertiary/aromatic N) is 1. The number of esters is 1. The van der Waals surface area contributed by atoms with E-state index in [0.717, 1.165) is 43.1 Å². The highest BCUT2D eigenvalue weighted by Gasteiger charge is 2.18. The average Bonchev–Trinajstić information content (AvgIpc) is 2.90. The van der Waals surface area contributed by atoms with E-state index in [9.17, 15) is 14.3 Å². The van der Waals surface area contributed by atoms with Gasteiger partial charge in [-0.3, -0.25) is 4.57 Å². The van der Waals surface area contributed by atoms with Crippen LogP contribution in [0.2, 0.25) is 0 Å². The Bertz CT molecular complexity index is 681. The standard InChI is InChI=1S/C32H64NO7P/c1-6-8-9-10-11-12-13-14-15-16-17-18-20-23-27-37-29-31(40-32(34)25-7-2)30-39-41(35,36)38-28-24-21-19-22-26-33(3,4)5/h7,25,31H,6,8-24,26-30H2,1-5H3/b25-7+/t31-/m0/s1. The molecule has 0 bridgehead atoms. The Morgan fingerprint density at radius 1 is 0.732 bits per heavy atom. The van der Waals surface area contributed by atoms with E-state index in [4.69, 9.17) is 18.5 Å². The van der Waals surface area contributed by atoms with Gasteiger partial charge in [0.2, 0.25) is 0 Å². The van der Waals surface area contributed by atoms with Crippen LogP contribution in [0.4, 0.5) is 0 Å². The maximum absolute atomic E-state index is 12.2. The molecule has 0 aliphatic heterocycles. The van der Waals surface area contributed by atoms with E-state index >= 15 is 0 Å². The van der Waals surface area contributed by atoms with Gasteiger partial charge in [-0.2, -0.15) is 0 Å². The first-order chi connectivity index (χ1) is 19.6. The van der Waals surface area contributed by atoms with Gasteiger partial charge >= 0.3 is 5.97 Å². The summed E-state index contributed by atoms with van der Waals surface area (Å²) in [7, 11) is 1.99. The van der Waals surface area contributed by atoms with Gasteiger partial charge in [-0.15, -0.1) is 0 Å². The highest BCUT2D eigenvalue weighted by atomic mass is 31.2. The Labute approximate surface area is 252 Å². The van der Waals surface area contributed by atoms with Gasteiger partial charge in [-0.05, 0) is 32.6 Å². The lowest BCUT2D eigenvalue weighted by atomic mass is 10.0. The Balaban J connectivity index is 4.00. The number of phosphoric ester groups is 1. The maximum atomic E-state index is 12.2. The van der Waals surface area contributed by atoms with Crippen molar-refractivity contribution in [3.8, 4) is 0 Å². The number of unbranched alkanes of at least 4 members (excludes halogenated alkanes) is 16. The summed E-state index contributed by atoms with van der Waals surface area (Å²) in [5.74, 6) is -0.559. The number of ether oxygens (including phenoxy) is 2. The second kappa shape index (κ2) is 26.8. The lowest BCUT2D eigenvalue weighted by Crippen LogP contribution is -2.35. The topological polar surface area (TPSA) is 94.1 Å². The summed E-state index contributed by atoms with van der Waals surface area (Å²) in [6.07, 6.45) is 23.8. The molecule has 0 aromatic rings. The number of allylic oxidation sites excluding steroid dienone is 1. The molecule has 0 N–H and O–H groups in total. The molecule has 0 saturated carbocycles. The van der Waals surface area contributed by atoms with Crippen molar-refractivity contribution in [2.24, 2.45) is 0 Å². The second-order valence-electron chi connectivity index (χ2n) is 12.2. The lowest BCUT2D eigenvalue weighted by molar-refractivity contribution is -0.870. The predicted molar refractivity (Wildman–Crippen MR) is 167 cm³/mol. The van der Waals surface area contributed by atoms with Gasteiger partial charge in [0.15, 0.2) is 0 Å². The fraction of sp³-hybridized carbons (Fsp3) is 0.906. The molecule has 0 aliphatic rings. The summed E-state index contributed by atoms with van der Waals surface area (Å²) in [4.78, 5) is 24.1. The minimum absolute atomic E-state index is 0.0774. The fourth-order valence-electron chi connectivity index (χ4n) is 4.50. The Hall–Kier alpha value is -0.760. The Morgan fingerprint density at radius 3 is 1.73 bits per heavy atom. The van der Waals surface area contributed by atoms with Crippen molar-refractivity contribution in [1.82, 2.24) is 0 Å². The van der Waals surface area contributed by atoms with Crippen LogP contribution < -0.4 is 4.89 Å². The van der Waals surface area contributed by atoms with Gasteiger partial charge in [0.25, 0.3) is 7.82 Å². The highest BCUT2D eigenvalue weighted by molar-refractivity contribution is 7.45. The van der Waals surface area contributed by atoms with Crippen LogP contribution in [0.15, 0.2) is 12.2 Å². The quantitative estimate of drug-likeness (QED) is 0.0272. The molecule has 0 aliphatic carbocycles. The van der Waals surface area contributed by atoms with Crippen molar-refractivity contribution in [2.45, 2.75) is 136 Å². The molecule has 0 amide bonds. The second-order valence-corrected chi connectivity index (χ2v) is 13.6. The zero-order chi connectivity index (χ0) is 30.7. The molecule has 41 heavy (non-hydrogen) atoms. The van der Waals surface area contributed by atoms with Crippen molar-refractivity contribution in [1.29, 1.82) is 0 Å². The van der Waals surface area contributed by atoms with E-state index in [1.807, 2.05) is 0 Å². The van der Waals surface area contributed by atoms with Crippen LogP contribution in [-0.4, -0.2) is 70.7 Å².